The minimum absolute atomic E-state index is 0.502. The zero-order chi connectivity index (χ0) is 16.6. The quantitative estimate of drug-likeness (QED) is 0.788. The molecule has 25 heavy (non-hydrogen) atoms. The molecule has 1 aliphatic carbocycles. The van der Waals surface area contributed by atoms with Gasteiger partial charge in [0.05, 0.1) is 11.0 Å². The van der Waals surface area contributed by atoms with Crippen LogP contribution in [0.4, 0.5) is 11.4 Å². The van der Waals surface area contributed by atoms with Crippen LogP contribution < -0.4 is 26.5 Å². The van der Waals surface area contributed by atoms with Gasteiger partial charge in [-0.25, -0.2) is 0 Å². The molecule has 4 heteroatoms. The molecule has 0 radical (unpaired) electrons. The van der Waals surface area contributed by atoms with Crippen LogP contribution in [0, 0.1) is 0 Å². The van der Waals surface area contributed by atoms with Gasteiger partial charge in [0, 0.05) is 35.7 Å². The molecule has 1 atom stereocenters. The van der Waals surface area contributed by atoms with Gasteiger partial charge in [-0.3, -0.25) is 4.99 Å². The Morgan fingerprint density at radius 2 is 1.92 bits per heavy atom. The lowest BCUT2D eigenvalue weighted by Crippen LogP contribution is -2.36. The summed E-state index contributed by atoms with van der Waals surface area (Å²) < 4.78 is 0. The van der Waals surface area contributed by atoms with Crippen molar-refractivity contribution in [3.63, 3.8) is 0 Å². The Kier molecular flexibility index (Phi) is 3.71. The summed E-state index contributed by atoms with van der Waals surface area (Å²) in [5, 5.41) is 13.1. The van der Waals surface area contributed by atoms with Crippen molar-refractivity contribution in [3.05, 3.63) is 47.0 Å². The second kappa shape index (κ2) is 6.19. The van der Waals surface area contributed by atoms with Gasteiger partial charge in [-0.15, -0.1) is 0 Å². The number of fused-ring (bicyclic) bond motifs is 1. The van der Waals surface area contributed by atoms with Crippen LogP contribution in [0.25, 0.3) is 17.3 Å². The van der Waals surface area contributed by atoms with Gasteiger partial charge in [0.2, 0.25) is 0 Å². The van der Waals surface area contributed by atoms with E-state index in [2.05, 4.69) is 57.3 Å². The van der Waals surface area contributed by atoms with E-state index in [1.54, 1.807) is 0 Å². The Morgan fingerprint density at radius 3 is 2.64 bits per heavy atom. The highest BCUT2D eigenvalue weighted by molar-refractivity contribution is 5.72. The minimum Gasteiger partial charge on any atom is -0.382 e. The number of anilines is 2. The number of nitrogens with one attached hydrogen (secondary N) is 3. The maximum Gasteiger partial charge on any atom is 0.0949 e. The van der Waals surface area contributed by atoms with Crippen molar-refractivity contribution in [1.29, 1.82) is 0 Å². The predicted octanol–water partition coefficient (Wildman–Crippen LogP) is 2.46. The topological polar surface area (TPSA) is 48.4 Å². The summed E-state index contributed by atoms with van der Waals surface area (Å²) in [6.45, 7) is 2.13. The van der Waals surface area contributed by atoms with E-state index in [4.69, 9.17) is 0 Å². The first-order chi connectivity index (χ1) is 12.3. The van der Waals surface area contributed by atoms with Gasteiger partial charge < -0.3 is 16.0 Å². The Balaban J connectivity index is 1.45. The molecule has 0 spiro atoms. The molecule has 1 unspecified atom stereocenters. The van der Waals surface area contributed by atoms with Crippen molar-refractivity contribution >= 4 is 17.6 Å². The molecule has 0 bridgehead atoms. The first kappa shape index (κ1) is 15.0. The molecule has 5 rings (SSSR count). The maximum absolute atomic E-state index is 4.46. The van der Waals surface area contributed by atoms with Gasteiger partial charge in [0.1, 0.15) is 0 Å². The number of hydrogen-bond acceptors (Lipinski definition) is 4. The van der Waals surface area contributed by atoms with Crippen molar-refractivity contribution < 1.29 is 0 Å². The Labute approximate surface area is 148 Å². The van der Waals surface area contributed by atoms with E-state index < -0.39 is 0 Å². The summed E-state index contributed by atoms with van der Waals surface area (Å²) >= 11 is 0. The summed E-state index contributed by atoms with van der Waals surface area (Å²) in [6, 6.07) is 14.5. The molecular weight excluding hydrogens is 308 g/mol. The van der Waals surface area contributed by atoms with E-state index in [1.807, 2.05) is 6.20 Å². The molecular formula is C21H24N4. The average molecular weight is 332 g/mol. The average Bonchev–Trinajstić information content (AvgIpc) is 3.06. The zero-order valence-corrected chi connectivity index (χ0v) is 14.4. The highest BCUT2D eigenvalue weighted by Crippen LogP contribution is 2.27. The lowest BCUT2D eigenvalue weighted by molar-refractivity contribution is 0.445. The van der Waals surface area contributed by atoms with Gasteiger partial charge in [-0.05, 0) is 67.6 Å². The molecule has 4 nitrogen and oxygen atoms in total. The largest absolute Gasteiger partial charge is 0.382 e. The Morgan fingerprint density at radius 1 is 0.960 bits per heavy atom. The van der Waals surface area contributed by atoms with Crippen LogP contribution in [-0.2, 0) is 0 Å². The number of benzene rings is 2. The highest BCUT2D eigenvalue weighted by atomic mass is 15.0. The summed E-state index contributed by atoms with van der Waals surface area (Å²) in [4.78, 5) is 4.46. The second-order valence-electron chi connectivity index (χ2n) is 7.41. The molecule has 2 fully saturated rings. The van der Waals surface area contributed by atoms with E-state index in [0.29, 0.717) is 12.1 Å². The van der Waals surface area contributed by atoms with Crippen LogP contribution in [0.1, 0.15) is 25.7 Å². The zero-order valence-electron chi connectivity index (χ0n) is 14.4. The molecule has 2 aromatic carbocycles. The third-order valence-electron chi connectivity index (χ3n) is 5.56. The van der Waals surface area contributed by atoms with Gasteiger partial charge in [0.15, 0.2) is 0 Å². The third kappa shape index (κ3) is 2.91. The van der Waals surface area contributed by atoms with Crippen LogP contribution in [0.3, 0.4) is 0 Å². The van der Waals surface area contributed by atoms with Crippen molar-refractivity contribution in [2.75, 3.05) is 23.7 Å². The van der Waals surface area contributed by atoms with Gasteiger partial charge in [-0.2, -0.15) is 0 Å². The minimum atomic E-state index is 0.502. The molecule has 1 saturated heterocycles. The fourth-order valence-corrected chi connectivity index (χ4v) is 3.82. The normalized spacial score (nSPS) is 21.4. The fourth-order valence-electron chi connectivity index (χ4n) is 3.82. The monoisotopic (exact) mass is 332 g/mol. The summed E-state index contributed by atoms with van der Waals surface area (Å²) in [5.74, 6) is 0. The number of rotatable bonds is 5. The van der Waals surface area contributed by atoms with Gasteiger partial charge in [0.25, 0.3) is 0 Å². The Bertz CT molecular complexity index is 908. The van der Waals surface area contributed by atoms with E-state index in [0.717, 1.165) is 18.4 Å². The lowest BCUT2D eigenvalue weighted by Gasteiger charge is -2.27. The molecule has 128 valence electrons. The summed E-state index contributed by atoms with van der Waals surface area (Å²) in [5.41, 5.74) is 4.92. The van der Waals surface area contributed by atoms with Crippen molar-refractivity contribution in [1.82, 2.24) is 5.32 Å². The van der Waals surface area contributed by atoms with Crippen LogP contribution in [0.2, 0.25) is 0 Å². The standard InChI is InChI=1S/C21H24N4/c1-3-14(10-18(6-1)24-17-4-2-5-17)15-9-16-12-23-21(16)20(11-15)25-19-7-8-22-13-19/h1,3,6,9-12,17,19,22,24-25H,2,4-5,7-8,13H2. The van der Waals surface area contributed by atoms with Crippen LogP contribution in [0.5, 0.6) is 0 Å². The smallest absolute Gasteiger partial charge is 0.0949 e. The molecule has 2 aromatic rings. The van der Waals surface area contributed by atoms with Gasteiger partial charge in [-0.1, -0.05) is 12.1 Å². The molecule has 0 amide bonds. The first-order valence-electron chi connectivity index (χ1n) is 9.41. The second-order valence-corrected chi connectivity index (χ2v) is 7.41. The highest BCUT2D eigenvalue weighted by Gasteiger charge is 2.18. The molecule has 3 aliphatic rings. The number of hydrogen-bond donors (Lipinski definition) is 3. The van der Waals surface area contributed by atoms with Crippen molar-refractivity contribution in [3.8, 4) is 11.1 Å². The predicted molar refractivity (Wildman–Crippen MR) is 103 cm³/mol. The van der Waals surface area contributed by atoms with E-state index in [9.17, 15) is 0 Å². The van der Waals surface area contributed by atoms with Crippen molar-refractivity contribution in [2.45, 2.75) is 37.8 Å². The van der Waals surface area contributed by atoms with Crippen molar-refractivity contribution in [2.24, 2.45) is 4.99 Å². The number of nitrogens with zero attached hydrogens (tertiary/aromatic N) is 1. The van der Waals surface area contributed by atoms with Gasteiger partial charge >= 0.3 is 0 Å². The molecule has 3 N–H and O–H groups in total. The SMILES string of the molecule is C1=c2cc(-c3cccc(NC4CCC4)c3)cc(NC3CCNC3)c2=N1. The first-order valence-corrected chi connectivity index (χ1v) is 9.41. The van der Waals surface area contributed by atoms with E-state index >= 15 is 0 Å². The fraction of sp³-hybridized carbons (Fsp3) is 0.381. The van der Waals surface area contributed by atoms with E-state index in [-0.39, 0.29) is 0 Å². The van der Waals surface area contributed by atoms with Crippen LogP contribution in [0.15, 0.2) is 41.4 Å². The van der Waals surface area contributed by atoms with Crippen LogP contribution >= 0.6 is 0 Å². The third-order valence-corrected chi connectivity index (χ3v) is 5.56. The summed E-state index contributed by atoms with van der Waals surface area (Å²) in [6.07, 6.45) is 7.08. The summed E-state index contributed by atoms with van der Waals surface area (Å²) in [7, 11) is 0. The molecule has 2 heterocycles. The lowest BCUT2D eigenvalue weighted by atomic mass is 9.92. The van der Waals surface area contributed by atoms with Crippen LogP contribution in [-0.4, -0.2) is 25.2 Å². The van der Waals surface area contributed by atoms with E-state index in [1.165, 1.54) is 53.4 Å². The molecule has 0 aromatic heterocycles. The molecule has 2 aliphatic heterocycles. The maximum atomic E-state index is 4.46. The molecule has 1 saturated carbocycles. The Hall–Kier alpha value is -2.33.